The average molecular weight is 364 g/mol. The summed E-state index contributed by atoms with van der Waals surface area (Å²) in [7, 11) is 0. The second-order valence-corrected chi connectivity index (χ2v) is 5.90. The normalized spacial score (nSPS) is 13.1. The zero-order valence-electron chi connectivity index (χ0n) is 14.2. The van der Waals surface area contributed by atoms with Gasteiger partial charge in [-0.05, 0) is 29.8 Å². The Morgan fingerprint density at radius 3 is 2.41 bits per heavy atom. The Kier molecular flexibility index (Phi) is 5.12. The summed E-state index contributed by atoms with van der Waals surface area (Å²) in [4.78, 5) is 48.2. The van der Waals surface area contributed by atoms with Crippen molar-refractivity contribution in [2.24, 2.45) is 0 Å². The monoisotopic (exact) mass is 364 g/mol. The van der Waals surface area contributed by atoms with Crippen molar-refractivity contribution in [2.45, 2.75) is 6.42 Å². The number of hydrogen-bond donors (Lipinski definition) is 2. The lowest BCUT2D eigenvalue weighted by atomic mass is 10.1. The van der Waals surface area contributed by atoms with Crippen LogP contribution in [0.4, 0.5) is 5.69 Å². The molecule has 0 saturated heterocycles. The van der Waals surface area contributed by atoms with Crippen molar-refractivity contribution in [1.29, 1.82) is 0 Å². The molecule has 7 heteroatoms. The Morgan fingerprint density at radius 1 is 1.00 bits per heavy atom. The Bertz CT molecular complexity index is 950. The maximum Gasteiger partial charge on any atom is 0.305 e. The maximum atomic E-state index is 12.4. The molecule has 1 aliphatic rings. The van der Waals surface area contributed by atoms with Gasteiger partial charge >= 0.3 is 5.97 Å². The molecule has 27 heavy (non-hydrogen) atoms. The number of nitrogens with one attached hydrogen (secondary N) is 1. The van der Waals surface area contributed by atoms with Crippen LogP contribution in [0, 0.1) is 0 Å². The molecule has 0 aliphatic carbocycles. The third kappa shape index (κ3) is 4.09. The highest BCUT2D eigenvalue weighted by Gasteiger charge is 2.35. The topological polar surface area (TPSA) is 104 Å². The first-order valence-electron chi connectivity index (χ1n) is 8.22. The molecular weight excluding hydrogens is 348 g/mol. The quantitative estimate of drug-likeness (QED) is 0.605. The van der Waals surface area contributed by atoms with E-state index in [4.69, 9.17) is 5.11 Å². The number of carboxylic acid groups (broad SMARTS) is 1. The number of anilines is 1. The lowest BCUT2D eigenvalue weighted by molar-refractivity contribution is -0.137. The van der Waals surface area contributed by atoms with Crippen LogP contribution in [0.5, 0.6) is 0 Å². The van der Waals surface area contributed by atoms with Crippen LogP contribution in [-0.4, -0.2) is 40.2 Å². The summed E-state index contributed by atoms with van der Waals surface area (Å²) in [5.41, 5.74) is 1.59. The van der Waals surface area contributed by atoms with Gasteiger partial charge in [0.1, 0.15) is 0 Å². The zero-order valence-corrected chi connectivity index (χ0v) is 14.2. The zero-order chi connectivity index (χ0) is 19.4. The highest BCUT2D eigenvalue weighted by Crippen LogP contribution is 2.26. The molecule has 2 aromatic carbocycles. The molecule has 3 rings (SSSR count). The van der Waals surface area contributed by atoms with E-state index in [-0.39, 0.29) is 30.0 Å². The van der Waals surface area contributed by atoms with Crippen molar-refractivity contribution in [3.05, 3.63) is 71.3 Å². The number of fused-ring (bicyclic) bond motifs is 1. The predicted molar refractivity (Wildman–Crippen MR) is 98.2 cm³/mol. The van der Waals surface area contributed by atoms with Gasteiger partial charge in [0, 0.05) is 18.3 Å². The Labute approximate surface area is 154 Å². The standard InChI is InChI=1S/C20H16N2O5/c23-17(9-6-13-4-2-1-3-5-13)21-14-7-8-15-16(12-14)20(27)22(19(15)26)11-10-18(24)25/h1-9,12H,10-11H2,(H,21,23)(H,24,25)/b9-6+. The molecule has 0 unspecified atom stereocenters. The SMILES string of the molecule is O=C(O)CCN1C(=O)c2ccc(NC(=O)/C=C/c3ccccc3)cc2C1=O. The number of rotatable bonds is 6. The number of hydrogen-bond acceptors (Lipinski definition) is 4. The second-order valence-electron chi connectivity index (χ2n) is 5.90. The van der Waals surface area contributed by atoms with E-state index in [2.05, 4.69) is 5.32 Å². The number of carboxylic acids is 1. The molecule has 0 bridgehead atoms. The van der Waals surface area contributed by atoms with Crippen LogP contribution < -0.4 is 5.32 Å². The van der Waals surface area contributed by atoms with Gasteiger partial charge in [0.25, 0.3) is 11.8 Å². The second kappa shape index (κ2) is 7.65. The van der Waals surface area contributed by atoms with Crippen LogP contribution in [-0.2, 0) is 9.59 Å². The molecule has 1 aliphatic heterocycles. The summed E-state index contributed by atoms with van der Waals surface area (Å²) >= 11 is 0. The van der Waals surface area contributed by atoms with Gasteiger partial charge in [-0.3, -0.25) is 24.1 Å². The first kappa shape index (κ1) is 18.1. The van der Waals surface area contributed by atoms with E-state index in [0.29, 0.717) is 5.69 Å². The minimum atomic E-state index is -1.09. The van der Waals surface area contributed by atoms with E-state index in [9.17, 15) is 19.2 Å². The predicted octanol–water partition coefficient (Wildman–Crippen LogP) is 2.41. The minimum absolute atomic E-state index is 0.148. The van der Waals surface area contributed by atoms with Gasteiger partial charge in [-0.1, -0.05) is 30.3 Å². The van der Waals surface area contributed by atoms with Crippen LogP contribution >= 0.6 is 0 Å². The Balaban J connectivity index is 1.71. The van der Waals surface area contributed by atoms with E-state index in [1.54, 1.807) is 6.08 Å². The van der Waals surface area contributed by atoms with Crippen molar-refractivity contribution in [2.75, 3.05) is 11.9 Å². The molecule has 136 valence electrons. The molecule has 0 atom stereocenters. The largest absolute Gasteiger partial charge is 0.481 e. The van der Waals surface area contributed by atoms with Crippen molar-refractivity contribution < 1.29 is 24.3 Å². The van der Waals surface area contributed by atoms with Gasteiger partial charge in [0.15, 0.2) is 0 Å². The van der Waals surface area contributed by atoms with Crippen molar-refractivity contribution in [3.8, 4) is 0 Å². The fourth-order valence-electron chi connectivity index (χ4n) is 2.70. The van der Waals surface area contributed by atoms with Crippen LogP contribution in [0.15, 0.2) is 54.6 Å². The van der Waals surface area contributed by atoms with Gasteiger partial charge in [-0.25, -0.2) is 0 Å². The summed E-state index contributed by atoms with van der Waals surface area (Å²) in [6.07, 6.45) is 2.71. The van der Waals surface area contributed by atoms with Gasteiger partial charge in [0.2, 0.25) is 5.91 Å². The lowest BCUT2D eigenvalue weighted by Gasteiger charge is -2.11. The minimum Gasteiger partial charge on any atom is -0.481 e. The lowest BCUT2D eigenvalue weighted by Crippen LogP contribution is -2.31. The number of amides is 3. The first-order valence-corrected chi connectivity index (χ1v) is 8.22. The molecular formula is C20H16N2O5. The average Bonchev–Trinajstić information content (AvgIpc) is 2.89. The molecule has 2 aromatic rings. The summed E-state index contributed by atoms with van der Waals surface area (Å²) in [6.45, 7) is -0.191. The molecule has 7 nitrogen and oxygen atoms in total. The van der Waals surface area contributed by atoms with Crippen molar-refractivity contribution in [1.82, 2.24) is 4.90 Å². The van der Waals surface area contributed by atoms with Gasteiger partial charge < -0.3 is 10.4 Å². The Morgan fingerprint density at radius 2 is 1.70 bits per heavy atom. The summed E-state index contributed by atoms with van der Waals surface area (Å²) < 4.78 is 0. The highest BCUT2D eigenvalue weighted by atomic mass is 16.4. The van der Waals surface area contributed by atoms with Crippen LogP contribution in [0.2, 0.25) is 0 Å². The van der Waals surface area contributed by atoms with E-state index in [1.165, 1.54) is 24.3 Å². The molecule has 1 heterocycles. The number of carbonyl (C=O) groups is 4. The maximum absolute atomic E-state index is 12.4. The fourth-order valence-corrected chi connectivity index (χ4v) is 2.70. The van der Waals surface area contributed by atoms with E-state index in [0.717, 1.165) is 10.5 Å². The number of nitrogens with zero attached hydrogens (tertiary/aromatic N) is 1. The van der Waals surface area contributed by atoms with Gasteiger partial charge in [-0.15, -0.1) is 0 Å². The fraction of sp³-hybridized carbons (Fsp3) is 0.100. The molecule has 0 spiro atoms. The van der Waals surface area contributed by atoms with E-state index in [1.807, 2.05) is 30.3 Å². The number of benzene rings is 2. The number of carbonyl (C=O) groups excluding carboxylic acids is 3. The smallest absolute Gasteiger partial charge is 0.305 e. The summed E-state index contributed by atoms with van der Waals surface area (Å²) in [6, 6.07) is 13.7. The first-order chi connectivity index (χ1) is 13.0. The number of imide groups is 1. The summed E-state index contributed by atoms with van der Waals surface area (Å²) in [5, 5.41) is 11.4. The molecule has 0 radical (unpaired) electrons. The van der Waals surface area contributed by atoms with Crippen LogP contribution in [0.25, 0.3) is 6.08 Å². The third-order valence-electron chi connectivity index (χ3n) is 4.01. The number of aliphatic carboxylic acids is 1. The Hall–Kier alpha value is -3.74. The third-order valence-corrected chi connectivity index (χ3v) is 4.01. The van der Waals surface area contributed by atoms with Gasteiger partial charge in [0.05, 0.1) is 17.5 Å². The van der Waals surface area contributed by atoms with Crippen LogP contribution in [0.3, 0.4) is 0 Å². The molecule has 3 amide bonds. The van der Waals surface area contributed by atoms with Crippen molar-refractivity contribution >= 4 is 35.5 Å². The molecule has 0 saturated carbocycles. The van der Waals surface area contributed by atoms with E-state index < -0.39 is 17.8 Å². The van der Waals surface area contributed by atoms with Gasteiger partial charge in [-0.2, -0.15) is 0 Å². The molecule has 2 N–H and O–H groups in total. The van der Waals surface area contributed by atoms with Crippen LogP contribution in [0.1, 0.15) is 32.7 Å². The highest BCUT2D eigenvalue weighted by molar-refractivity contribution is 6.22. The molecule has 0 aromatic heterocycles. The molecule has 0 fully saturated rings. The van der Waals surface area contributed by atoms with E-state index >= 15 is 0 Å². The van der Waals surface area contributed by atoms with Crippen molar-refractivity contribution in [3.63, 3.8) is 0 Å². The summed E-state index contributed by atoms with van der Waals surface area (Å²) in [5.74, 6) is -2.56.